The first kappa shape index (κ1) is 26.5. The second kappa shape index (κ2) is 9.50. The number of aliphatic hydroxyl groups is 1. The van der Waals surface area contributed by atoms with E-state index in [9.17, 15) is 36.2 Å². The van der Waals surface area contributed by atoms with Crippen LogP contribution in [0.5, 0.6) is 0 Å². The zero-order chi connectivity index (χ0) is 25.4. The summed E-state index contributed by atoms with van der Waals surface area (Å²) < 4.78 is 84.1. The average Bonchev–Trinajstić information content (AvgIpc) is 3.16. The molecule has 1 aromatic rings. The maximum Gasteiger partial charge on any atom is 0.416 e. The Labute approximate surface area is 193 Å². The fourth-order valence-electron chi connectivity index (χ4n) is 4.41. The van der Waals surface area contributed by atoms with Crippen LogP contribution < -0.4 is 10.6 Å². The molecule has 0 spiro atoms. The molecule has 1 heterocycles. The van der Waals surface area contributed by atoms with Crippen molar-refractivity contribution in [2.24, 2.45) is 5.41 Å². The van der Waals surface area contributed by atoms with Gasteiger partial charge >= 0.3 is 12.4 Å². The Bertz CT molecular complexity index is 885. The van der Waals surface area contributed by atoms with Crippen LogP contribution in [0, 0.1) is 5.41 Å². The smallest absolute Gasteiger partial charge is 0.389 e. The van der Waals surface area contributed by atoms with Gasteiger partial charge in [0.25, 0.3) is 0 Å². The van der Waals surface area contributed by atoms with Gasteiger partial charge in [0.05, 0.1) is 22.1 Å². The van der Waals surface area contributed by atoms with Crippen LogP contribution in [0.25, 0.3) is 0 Å². The van der Waals surface area contributed by atoms with Crippen molar-refractivity contribution in [3.8, 4) is 0 Å². The van der Waals surface area contributed by atoms with Gasteiger partial charge in [-0.05, 0) is 56.9 Å². The van der Waals surface area contributed by atoms with Gasteiger partial charge in [0.2, 0.25) is 5.91 Å². The second-order valence-corrected chi connectivity index (χ2v) is 9.35. The molecule has 190 valence electrons. The third kappa shape index (κ3) is 5.92. The van der Waals surface area contributed by atoms with E-state index in [2.05, 4.69) is 10.6 Å². The molecule has 3 rings (SSSR count). The van der Waals surface area contributed by atoms with Crippen molar-refractivity contribution in [2.45, 2.75) is 69.7 Å². The highest BCUT2D eigenvalue weighted by atomic mass is 19.4. The van der Waals surface area contributed by atoms with Crippen molar-refractivity contribution in [2.75, 3.05) is 13.2 Å². The van der Waals surface area contributed by atoms with Crippen LogP contribution in [0.4, 0.5) is 26.3 Å². The van der Waals surface area contributed by atoms with Crippen molar-refractivity contribution >= 4 is 5.91 Å². The predicted octanol–water partition coefficient (Wildman–Crippen LogP) is 4.19. The van der Waals surface area contributed by atoms with E-state index in [1.807, 2.05) is 0 Å². The lowest BCUT2D eigenvalue weighted by molar-refractivity contribution is -0.143. The quantitative estimate of drug-likeness (QED) is 0.410. The van der Waals surface area contributed by atoms with Crippen LogP contribution in [0.1, 0.15) is 49.8 Å². The highest BCUT2D eigenvalue weighted by Gasteiger charge is 2.52. The fourth-order valence-corrected chi connectivity index (χ4v) is 4.41. The first-order valence-corrected chi connectivity index (χ1v) is 10.9. The number of benzene rings is 1. The van der Waals surface area contributed by atoms with Gasteiger partial charge < -0.3 is 20.5 Å². The Morgan fingerprint density at radius 3 is 2.12 bits per heavy atom. The number of amides is 1. The molecule has 0 aromatic heterocycles. The average molecular weight is 494 g/mol. The van der Waals surface area contributed by atoms with Crippen LogP contribution in [0.2, 0.25) is 0 Å². The summed E-state index contributed by atoms with van der Waals surface area (Å²) >= 11 is 0. The lowest BCUT2D eigenvalue weighted by Gasteiger charge is -2.39. The van der Waals surface area contributed by atoms with E-state index >= 15 is 0 Å². The number of alkyl halides is 6. The van der Waals surface area contributed by atoms with Crippen LogP contribution >= 0.6 is 0 Å². The molecule has 2 aliphatic rings. The number of hydrogen-bond donors (Lipinski definition) is 3. The van der Waals surface area contributed by atoms with E-state index in [-0.39, 0.29) is 30.1 Å². The third-order valence-corrected chi connectivity index (χ3v) is 6.42. The first-order chi connectivity index (χ1) is 15.6. The van der Waals surface area contributed by atoms with Gasteiger partial charge in [-0.25, -0.2) is 0 Å². The predicted molar refractivity (Wildman–Crippen MR) is 112 cm³/mol. The zero-order valence-corrected chi connectivity index (χ0v) is 18.8. The van der Waals surface area contributed by atoms with Crippen molar-refractivity contribution in [3.05, 3.63) is 47.0 Å². The summed E-state index contributed by atoms with van der Waals surface area (Å²) in [5, 5.41) is 16.7. The molecule has 11 heteroatoms. The Hall–Kier alpha value is -2.11. The molecule has 0 bridgehead atoms. The van der Waals surface area contributed by atoms with Gasteiger partial charge in [-0.3, -0.25) is 4.79 Å². The van der Waals surface area contributed by atoms with Gasteiger partial charge in [0.15, 0.2) is 0 Å². The van der Waals surface area contributed by atoms with E-state index in [4.69, 9.17) is 4.74 Å². The number of hydrogen-bond acceptors (Lipinski definition) is 4. The summed E-state index contributed by atoms with van der Waals surface area (Å²) in [6.07, 6.45) is -4.86. The Morgan fingerprint density at radius 1 is 1.06 bits per heavy atom. The molecule has 3 N–H and O–H groups in total. The van der Waals surface area contributed by atoms with Gasteiger partial charge in [-0.1, -0.05) is 12.2 Å². The molecule has 1 aliphatic carbocycles. The number of nitrogens with one attached hydrogen (secondary N) is 2. The summed E-state index contributed by atoms with van der Waals surface area (Å²) in [6, 6.07) is 1.13. The topological polar surface area (TPSA) is 70.6 Å². The van der Waals surface area contributed by atoms with E-state index in [1.54, 1.807) is 12.2 Å². The Kier molecular flexibility index (Phi) is 7.40. The highest BCUT2D eigenvalue weighted by Crippen LogP contribution is 2.43. The standard InChI is InChI=1S/C23H28F6N2O3/c1-20(2,33)21(6-3-18(12-21)31-17-4-7-34-8-5-17)19(32)30-13-14-9-15(22(24,25)26)11-16(10-14)23(27,28)29/h3,6,9-11,17-18,31,33H,4-5,7-8,12-13H2,1-2H3,(H,30,32). The van der Waals surface area contributed by atoms with E-state index in [0.29, 0.717) is 25.3 Å². The Balaban J connectivity index is 1.77. The van der Waals surface area contributed by atoms with Gasteiger partial charge in [0, 0.05) is 31.8 Å². The molecular formula is C23H28F6N2O3. The summed E-state index contributed by atoms with van der Waals surface area (Å²) in [5.74, 6) is -0.682. The number of ether oxygens (including phenoxy) is 1. The molecule has 2 atom stereocenters. The number of carbonyl (C=O) groups excluding carboxylic acids is 1. The van der Waals surface area contributed by atoms with E-state index in [0.717, 1.165) is 12.8 Å². The van der Waals surface area contributed by atoms with Crippen molar-refractivity contribution in [1.29, 1.82) is 0 Å². The van der Waals surface area contributed by atoms with Gasteiger partial charge in [0.1, 0.15) is 0 Å². The fraction of sp³-hybridized carbons (Fsp3) is 0.609. The monoisotopic (exact) mass is 494 g/mol. The number of rotatable bonds is 6. The molecule has 1 fully saturated rings. The molecule has 34 heavy (non-hydrogen) atoms. The molecular weight excluding hydrogens is 466 g/mol. The minimum absolute atomic E-state index is 0.0376. The number of halogens is 6. The third-order valence-electron chi connectivity index (χ3n) is 6.42. The van der Waals surface area contributed by atoms with Gasteiger partial charge in [-0.2, -0.15) is 26.3 Å². The van der Waals surface area contributed by atoms with E-state index in [1.165, 1.54) is 13.8 Å². The molecule has 1 amide bonds. The molecule has 0 saturated carbocycles. The molecule has 1 aromatic carbocycles. The SMILES string of the molecule is CC(C)(O)C1(C(=O)NCc2cc(C(F)(F)F)cc(C(F)(F)F)c2)C=CC(NC2CCOCC2)C1. The van der Waals surface area contributed by atoms with Crippen molar-refractivity contribution in [1.82, 2.24) is 10.6 Å². The maximum atomic E-state index is 13.2. The van der Waals surface area contributed by atoms with Crippen LogP contribution in [0.15, 0.2) is 30.4 Å². The Morgan fingerprint density at radius 2 is 1.62 bits per heavy atom. The largest absolute Gasteiger partial charge is 0.416 e. The normalized spacial score (nSPS) is 24.4. The minimum atomic E-state index is -4.98. The highest BCUT2D eigenvalue weighted by molar-refractivity contribution is 5.86. The van der Waals surface area contributed by atoms with Crippen LogP contribution in [-0.4, -0.2) is 41.9 Å². The van der Waals surface area contributed by atoms with Gasteiger partial charge in [-0.15, -0.1) is 0 Å². The van der Waals surface area contributed by atoms with Crippen molar-refractivity contribution < 1.29 is 41.0 Å². The summed E-state index contributed by atoms with van der Waals surface area (Å²) in [6.45, 7) is 3.55. The minimum Gasteiger partial charge on any atom is -0.389 e. The molecule has 5 nitrogen and oxygen atoms in total. The van der Waals surface area contributed by atoms with E-state index < -0.39 is 46.9 Å². The number of carbonyl (C=O) groups is 1. The molecule has 0 radical (unpaired) electrons. The molecule has 2 unspecified atom stereocenters. The molecule has 1 saturated heterocycles. The summed E-state index contributed by atoms with van der Waals surface area (Å²) in [4.78, 5) is 13.2. The lowest BCUT2D eigenvalue weighted by atomic mass is 9.72. The van der Waals surface area contributed by atoms with Crippen molar-refractivity contribution in [3.63, 3.8) is 0 Å². The molecule has 1 aliphatic heterocycles. The van der Waals surface area contributed by atoms with Crippen LogP contribution in [0.3, 0.4) is 0 Å². The first-order valence-electron chi connectivity index (χ1n) is 10.9. The van der Waals surface area contributed by atoms with Crippen LogP contribution in [-0.2, 0) is 28.4 Å². The summed E-state index contributed by atoms with van der Waals surface area (Å²) in [5.41, 5.74) is -6.20. The maximum absolute atomic E-state index is 13.2. The lowest BCUT2D eigenvalue weighted by Crippen LogP contribution is -2.53. The summed E-state index contributed by atoms with van der Waals surface area (Å²) in [7, 11) is 0. The zero-order valence-electron chi connectivity index (χ0n) is 18.8. The second-order valence-electron chi connectivity index (χ2n) is 9.35.